The predicted octanol–water partition coefficient (Wildman–Crippen LogP) is 2.07. The highest BCUT2D eigenvalue weighted by atomic mass is 16.4. The molecule has 0 bridgehead atoms. The lowest BCUT2D eigenvalue weighted by Gasteiger charge is -2.10. The smallest absolute Gasteiger partial charge is 0.409 e. The minimum absolute atomic E-state index is 0.450. The molecular formula is C12H15N5O2. The summed E-state index contributed by atoms with van der Waals surface area (Å²) in [5.41, 5.74) is 1.20. The first-order chi connectivity index (χ1) is 9.19. The van der Waals surface area contributed by atoms with E-state index in [1.165, 1.54) is 0 Å². The second-order valence-corrected chi connectivity index (χ2v) is 3.88. The Bertz CT molecular complexity index is 567. The van der Waals surface area contributed by atoms with Gasteiger partial charge in [-0.25, -0.2) is 9.78 Å². The van der Waals surface area contributed by atoms with Gasteiger partial charge in [0.1, 0.15) is 5.82 Å². The number of anilines is 2. The number of nitrogens with one attached hydrogen (secondary N) is 3. The SMILES string of the molecule is CCc1n[nH]c(CNc2ccccc2NC(=O)O)n1. The first-order valence-corrected chi connectivity index (χ1v) is 5.92. The fourth-order valence-electron chi connectivity index (χ4n) is 1.61. The fraction of sp³-hybridized carbons (Fsp3) is 0.250. The number of hydrogen-bond acceptors (Lipinski definition) is 4. The van der Waals surface area contributed by atoms with Crippen molar-refractivity contribution in [2.45, 2.75) is 19.9 Å². The molecule has 0 saturated carbocycles. The van der Waals surface area contributed by atoms with Gasteiger partial charge >= 0.3 is 6.09 Å². The molecule has 1 amide bonds. The number of carbonyl (C=O) groups is 1. The molecule has 0 atom stereocenters. The molecule has 4 N–H and O–H groups in total. The summed E-state index contributed by atoms with van der Waals surface area (Å²) in [6.07, 6.45) is -0.324. The van der Waals surface area contributed by atoms with Gasteiger partial charge in [0.2, 0.25) is 0 Å². The first-order valence-electron chi connectivity index (χ1n) is 5.92. The van der Waals surface area contributed by atoms with Crippen molar-refractivity contribution in [3.63, 3.8) is 0 Å². The molecule has 1 aromatic carbocycles. The van der Waals surface area contributed by atoms with Crippen molar-refractivity contribution in [1.29, 1.82) is 0 Å². The largest absolute Gasteiger partial charge is 0.465 e. The van der Waals surface area contributed by atoms with Crippen LogP contribution in [0.15, 0.2) is 24.3 Å². The van der Waals surface area contributed by atoms with Crippen LogP contribution in [0.3, 0.4) is 0 Å². The fourth-order valence-corrected chi connectivity index (χ4v) is 1.61. The van der Waals surface area contributed by atoms with E-state index in [9.17, 15) is 4.79 Å². The standard InChI is InChI=1S/C12H15N5O2/c1-2-10-15-11(17-16-10)7-13-8-5-3-4-6-9(8)14-12(18)19/h3-6,13-14H,2,7H2,1H3,(H,18,19)(H,15,16,17). The lowest BCUT2D eigenvalue weighted by Crippen LogP contribution is -2.10. The molecule has 0 aliphatic carbocycles. The molecule has 19 heavy (non-hydrogen) atoms. The van der Waals surface area contributed by atoms with Crippen LogP contribution in [0.4, 0.5) is 16.2 Å². The highest BCUT2D eigenvalue weighted by Gasteiger charge is 2.06. The van der Waals surface area contributed by atoms with E-state index in [-0.39, 0.29) is 0 Å². The van der Waals surface area contributed by atoms with Gasteiger partial charge < -0.3 is 10.4 Å². The lowest BCUT2D eigenvalue weighted by atomic mass is 10.2. The molecule has 100 valence electrons. The van der Waals surface area contributed by atoms with Crippen LogP contribution in [0, 0.1) is 0 Å². The number of aromatic amines is 1. The summed E-state index contributed by atoms with van der Waals surface area (Å²) in [6.45, 7) is 2.43. The minimum Gasteiger partial charge on any atom is -0.465 e. The summed E-state index contributed by atoms with van der Waals surface area (Å²) in [7, 11) is 0. The molecule has 2 aromatic rings. The monoisotopic (exact) mass is 261 g/mol. The molecule has 0 aliphatic heterocycles. The quantitative estimate of drug-likeness (QED) is 0.659. The third-order valence-corrected chi connectivity index (χ3v) is 2.51. The molecule has 1 heterocycles. The summed E-state index contributed by atoms with van der Waals surface area (Å²) in [6, 6.07) is 7.07. The number of rotatable bonds is 5. The molecule has 0 aliphatic rings. The summed E-state index contributed by atoms with van der Waals surface area (Å²) < 4.78 is 0. The van der Waals surface area contributed by atoms with E-state index in [2.05, 4.69) is 25.8 Å². The van der Waals surface area contributed by atoms with E-state index in [1.54, 1.807) is 18.2 Å². The molecule has 0 fully saturated rings. The van der Waals surface area contributed by atoms with Gasteiger partial charge in [-0.2, -0.15) is 5.10 Å². The summed E-state index contributed by atoms with van der Waals surface area (Å²) in [5, 5.41) is 21.0. The maximum Gasteiger partial charge on any atom is 0.409 e. The number of benzene rings is 1. The minimum atomic E-state index is -1.10. The van der Waals surface area contributed by atoms with E-state index >= 15 is 0 Å². The Morgan fingerprint density at radius 1 is 1.37 bits per heavy atom. The highest BCUT2D eigenvalue weighted by Crippen LogP contribution is 2.21. The average Bonchev–Trinajstić information content (AvgIpc) is 2.85. The number of hydrogen-bond donors (Lipinski definition) is 4. The summed E-state index contributed by atoms with van der Waals surface area (Å²) in [4.78, 5) is 14.9. The van der Waals surface area contributed by atoms with Gasteiger partial charge in [0.15, 0.2) is 5.82 Å². The first kappa shape index (κ1) is 12.9. The van der Waals surface area contributed by atoms with E-state index < -0.39 is 6.09 Å². The Morgan fingerprint density at radius 2 is 2.11 bits per heavy atom. The van der Waals surface area contributed by atoms with Crippen LogP contribution in [0.5, 0.6) is 0 Å². The van der Waals surface area contributed by atoms with E-state index in [0.29, 0.717) is 23.7 Å². The van der Waals surface area contributed by atoms with Crippen molar-refractivity contribution >= 4 is 17.5 Å². The van der Waals surface area contributed by atoms with Crippen LogP contribution in [-0.2, 0) is 13.0 Å². The van der Waals surface area contributed by atoms with E-state index in [1.807, 2.05) is 13.0 Å². The number of amides is 1. The maximum absolute atomic E-state index is 10.7. The van der Waals surface area contributed by atoms with Crippen molar-refractivity contribution in [2.24, 2.45) is 0 Å². The van der Waals surface area contributed by atoms with Crippen LogP contribution in [0.25, 0.3) is 0 Å². The van der Waals surface area contributed by atoms with Crippen LogP contribution in [-0.4, -0.2) is 26.4 Å². The highest BCUT2D eigenvalue weighted by molar-refractivity contribution is 5.88. The van der Waals surface area contributed by atoms with Gasteiger partial charge in [0.05, 0.1) is 17.9 Å². The van der Waals surface area contributed by atoms with Crippen LogP contribution in [0.1, 0.15) is 18.6 Å². The molecule has 0 radical (unpaired) electrons. The Kier molecular flexibility index (Phi) is 3.97. The van der Waals surface area contributed by atoms with E-state index in [0.717, 1.165) is 12.2 Å². The Labute approximate surface area is 110 Å². The number of nitrogens with zero attached hydrogens (tertiary/aromatic N) is 2. The van der Waals surface area contributed by atoms with Crippen molar-refractivity contribution in [3.8, 4) is 0 Å². The zero-order chi connectivity index (χ0) is 13.7. The van der Waals surface area contributed by atoms with Crippen LogP contribution < -0.4 is 10.6 Å². The number of H-pyrrole nitrogens is 1. The van der Waals surface area contributed by atoms with Crippen molar-refractivity contribution in [3.05, 3.63) is 35.9 Å². The number of aromatic nitrogens is 3. The molecule has 0 unspecified atom stereocenters. The number of para-hydroxylation sites is 2. The van der Waals surface area contributed by atoms with Crippen molar-refractivity contribution in [1.82, 2.24) is 15.2 Å². The van der Waals surface area contributed by atoms with Gasteiger partial charge in [-0.1, -0.05) is 19.1 Å². The normalized spacial score (nSPS) is 10.2. The summed E-state index contributed by atoms with van der Waals surface area (Å²) in [5.74, 6) is 1.47. The third kappa shape index (κ3) is 3.44. The molecule has 1 aromatic heterocycles. The van der Waals surface area contributed by atoms with Gasteiger partial charge in [0, 0.05) is 6.42 Å². The van der Waals surface area contributed by atoms with Crippen molar-refractivity contribution < 1.29 is 9.90 Å². The zero-order valence-electron chi connectivity index (χ0n) is 10.5. The topological polar surface area (TPSA) is 103 Å². The van der Waals surface area contributed by atoms with Gasteiger partial charge in [-0.05, 0) is 12.1 Å². The second-order valence-electron chi connectivity index (χ2n) is 3.88. The number of aryl methyl sites for hydroxylation is 1. The maximum atomic E-state index is 10.7. The molecule has 0 spiro atoms. The summed E-state index contributed by atoms with van der Waals surface area (Å²) >= 11 is 0. The molecule has 7 nitrogen and oxygen atoms in total. The predicted molar refractivity (Wildman–Crippen MR) is 71.2 cm³/mol. The van der Waals surface area contributed by atoms with Gasteiger partial charge in [-0.3, -0.25) is 10.4 Å². The molecule has 2 rings (SSSR count). The van der Waals surface area contributed by atoms with Crippen molar-refractivity contribution in [2.75, 3.05) is 10.6 Å². The Hall–Kier alpha value is -2.57. The molecule has 7 heteroatoms. The molecular weight excluding hydrogens is 246 g/mol. The van der Waals surface area contributed by atoms with Crippen LogP contribution >= 0.6 is 0 Å². The zero-order valence-corrected chi connectivity index (χ0v) is 10.5. The molecule has 0 saturated heterocycles. The van der Waals surface area contributed by atoms with Gasteiger partial charge in [0.25, 0.3) is 0 Å². The van der Waals surface area contributed by atoms with Crippen LogP contribution in [0.2, 0.25) is 0 Å². The number of carboxylic acid groups (broad SMARTS) is 1. The lowest BCUT2D eigenvalue weighted by molar-refractivity contribution is 0.210. The second kappa shape index (κ2) is 5.85. The Morgan fingerprint density at radius 3 is 2.74 bits per heavy atom. The average molecular weight is 261 g/mol. The van der Waals surface area contributed by atoms with E-state index in [4.69, 9.17) is 5.11 Å². The Balaban J connectivity index is 2.04. The third-order valence-electron chi connectivity index (χ3n) is 2.51. The van der Waals surface area contributed by atoms with Gasteiger partial charge in [-0.15, -0.1) is 0 Å².